The van der Waals surface area contributed by atoms with Crippen molar-refractivity contribution in [1.29, 1.82) is 0 Å². The van der Waals surface area contributed by atoms with Gasteiger partial charge in [0, 0.05) is 17.2 Å². The van der Waals surface area contributed by atoms with Crippen molar-refractivity contribution in [3.8, 4) is 17.1 Å². The number of methoxy groups -OCH3 is 1. The van der Waals surface area contributed by atoms with E-state index in [0.717, 1.165) is 6.07 Å². The Labute approximate surface area is 199 Å². The molecule has 11 nitrogen and oxygen atoms in total. The number of ether oxygens (including phenoxy) is 2. The zero-order valence-corrected chi connectivity index (χ0v) is 19.2. The van der Waals surface area contributed by atoms with Crippen LogP contribution in [-0.4, -0.2) is 40.1 Å². The zero-order chi connectivity index (χ0) is 24.8. The number of rotatable bonds is 9. The summed E-state index contributed by atoms with van der Waals surface area (Å²) < 4.78 is 15.6. The summed E-state index contributed by atoms with van der Waals surface area (Å²) in [4.78, 5) is 39.8. The molecule has 34 heavy (non-hydrogen) atoms. The van der Waals surface area contributed by atoms with E-state index in [1.807, 2.05) is 0 Å². The Morgan fingerprint density at radius 3 is 2.68 bits per heavy atom. The molecule has 3 aromatic rings. The fourth-order valence-corrected chi connectivity index (χ4v) is 3.12. The van der Waals surface area contributed by atoms with Crippen LogP contribution in [0.2, 0.25) is 5.02 Å². The second kappa shape index (κ2) is 10.8. The molecular weight excluding hydrogens is 468 g/mol. The number of hydrogen-bond acceptors (Lipinski definition) is 9. The van der Waals surface area contributed by atoms with Gasteiger partial charge in [0.2, 0.25) is 5.82 Å². The molecule has 0 saturated heterocycles. The van der Waals surface area contributed by atoms with Crippen molar-refractivity contribution in [1.82, 2.24) is 15.5 Å². The minimum absolute atomic E-state index is 0.0191. The van der Waals surface area contributed by atoms with Crippen LogP contribution in [0.3, 0.4) is 0 Å². The van der Waals surface area contributed by atoms with E-state index in [0.29, 0.717) is 17.1 Å². The molecule has 0 fully saturated rings. The SMILES string of the molecule is COc1cccc(-c2noc(COC(=O)[C@@H](NC(=O)c3ccc(Cl)c([N+](=O)[O-])c3)C(C)C)n2)c1. The fourth-order valence-electron chi connectivity index (χ4n) is 2.93. The first-order chi connectivity index (χ1) is 16.2. The molecule has 0 aliphatic heterocycles. The molecule has 178 valence electrons. The number of hydrogen-bond donors (Lipinski definition) is 1. The Balaban J connectivity index is 1.65. The number of nitro benzene ring substituents is 1. The smallest absolute Gasteiger partial charge is 0.329 e. The van der Waals surface area contributed by atoms with Gasteiger partial charge < -0.3 is 19.3 Å². The average Bonchev–Trinajstić information content (AvgIpc) is 3.30. The fraction of sp³-hybridized carbons (Fsp3) is 0.273. The predicted octanol–water partition coefficient (Wildman–Crippen LogP) is 3.80. The summed E-state index contributed by atoms with van der Waals surface area (Å²) in [6.07, 6.45) is 0. The van der Waals surface area contributed by atoms with Gasteiger partial charge in [-0.3, -0.25) is 14.9 Å². The molecular formula is C22H21ClN4O7. The van der Waals surface area contributed by atoms with Crippen LogP contribution < -0.4 is 10.1 Å². The van der Waals surface area contributed by atoms with Crippen LogP contribution in [0.4, 0.5) is 5.69 Å². The van der Waals surface area contributed by atoms with Crippen molar-refractivity contribution in [2.24, 2.45) is 5.92 Å². The van der Waals surface area contributed by atoms with Crippen LogP contribution in [-0.2, 0) is 16.1 Å². The highest BCUT2D eigenvalue weighted by molar-refractivity contribution is 6.32. The summed E-state index contributed by atoms with van der Waals surface area (Å²) in [6.45, 7) is 3.12. The van der Waals surface area contributed by atoms with Crippen molar-refractivity contribution in [2.45, 2.75) is 26.5 Å². The van der Waals surface area contributed by atoms with Crippen LogP contribution in [0.15, 0.2) is 47.0 Å². The number of benzene rings is 2. The molecule has 1 atom stereocenters. The number of nitrogens with zero attached hydrogens (tertiary/aromatic N) is 3. The van der Waals surface area contributed by atoms with Crippen molar-refractivity contribution in [3.63, 3.8) is 0 Å². The van der Waals surface area contributed by atoms with Crippen molar-refractivity contribution >= 4 is 29.2 Å². The lowest BCUT2D eigenvalue weighted by atomic mass is 10.0. The molecule has 1 heterocycles. The third-order valence-corrected chi connectivity index (χ3v) is 5.07. The third-order valence-electron chi connectivity index (χ3n) is 4.75. The first-order valence-electron chi connectivity index (χ1n) is 10.1. The molecule has 0 spiro atoms. The van der Waals surface area contributed by atoms with E-state index in [1.165, 1.54) is 19.2 Å². The molecule has 1 N–H and O–H groups in total. The van der Waals surface area contributed by atoms with Gasteiger partial charge in [0.15, 0.2) is 6.61 Å². The Bertz CT molecular complexity index is 1210. The minimum Gasteiger partial charge on any atom is -0.497 e. The first kappa shape index (κ1) is 24.6. The molecule has 2 aromatic carbocycles. The maximum Gasteiger partial charge on any atom is 0.329 e. The van der Waals surface area contributed by atoms with Gasteiger partial charge in [-0.15, -0.1) is 0 Å². The summed E-state index contributed by atoms with van der Waals surface area (Å²) in [6, 6.07) is 9.63. The highest BCUT2D eigenvalue weighted by atomic mass is 35.5. The van der Waals surface area contributed by atoms with E-state index < -0.39 is 28.5 Å². The second-order valence-corrected chi connectivity index (χ2v) is 7.88. The molecule has 0 aliphatic carbocycles. The highest BCUT2D eigenvalue weighted by Crippen LogP contribution is 2.25. The lowest BCUT2D eigenvalue weighted by Crippen LogP contribution is -2.45. The van der Waals surface area contributed by atoms with E-state index in [1.54, 1.807) is 38.1 Å². The molecule has 0 saturated carbocycles. The zero-order valence-electron chi connectivity index (χ0n) is 18.5. The van der Waals surface area contributed by atoms with Crippen LogP contribution in [0.25, 0.3) is 11.4 Å². The largest absolute Gasteiger partial charge is 0.497 e. The van der Waals surface area contributed by atoms with Crippen LogP contribution in [0, 0.1) is 16.0 Å². The number of amides is 1. The maximum atomic E-state index is 12.6. The molecule has 0 radical (unpaired) electrons. The summed E-state index contributed by atoms with van der Waals surface area (Å²) >= 11 is 5.78. The number of halogens is 1. The lowest BCUT2D eigenvalue weighted by molar-refractivity contribution is -0.384. The van der Waals surface area contributed by atoms with Crippen molar-refractivity contribution in [2.75, 3.05) is 7.11 Å². The molecule has 1 aromatic heterocycles. The Kier molecular flexibility index (Phi) is 7.79. The van der Waals surface area contributed by atoms with E-state index in [-0.39, 0.29) is 29.0 Å². The van der Waals surface area contributed by atoms with Crippen LogP contribution in [0.1, 0.15) is 30.1 Å². The highest BCUT2D eigenvalue weighted by Gasteiger charge is 2.28. The number of nitrogens with one attached hydrogen (secondary N) is 1. The normalized spacial score (nSPS) is 11.7. The molecule has 0 aliphatic rings. The summed E-state index contributed by atoms with van der Waals surface area (Å²) in [5.41, 5.74) is 0.223. The number of nitro groups is 1. The Morgan fingerprint density at radius 1 is 1.24 bits per heavy atom. The van der Waals surface area contributed by atoms with Gasteiger partial charge in [-0.1, -0.05) is 42.7 Å². The van der Waals surface area contributed by atoms with Gasteiger partial charge >= 0.3 is 5.97 Å². The van der Waals surface area contributed by atoms with E-state index in [2.05, 4.69) is 15.5 Å². The summed E-state index contributed by atoms with van der Waals surface area (Å²) in [5.74, 6) is -0.775. The van der Waals surface area contributed by atoms with Gasteiger partial charge in [-0.05, 0) is 30.2 Å². The maximum absolute atomic E-state index is 12.6. The average molecular weight is 489 g/mol. The second-order valence-electron chi connectivity index (χ2n) is 7.47. The van der Waals surface area contributed by atoms with Gasteiger partial charge in [-0.25, -0.2) is 4.79 Å². The quantitative estimate of drug-likeness (QED) is 0.269. The summed E-state index contributed by atoms with van der Waals surface area (Å²) in [5, 5.41) is 17.4. The lowest BCUT2D eigenvalue weighted by Gasteiger charge is -2.20. The van der Waals surface area contributed by atoms with Crippen LogP contribution >= 0.6 is 11.6 Å². The number of carbonyl (C=O) groups is 2. The summed E-state index contributed by atoms with van der Waals surface area (Å²) in [7, 11) is 1.54. The standard InChI is InChI=1S/C22H21ClN4O7/c1-12(2)19(25-21(28)14-7-8-16(23)17(10-14)27(30)31)22(29)33-11-18-24-20(26-34-18)13-5-4-6-15(9-13)32-3/h4-10,12,19H,11H2,1-3H3,(H,25,28)/t19-/m0/s1. The molecule has 12 heteroatoms. The third kappa shape index (κ3) is 5.87. The Hall–Kier alpha value is -3.99. The Morgan fingerprint density at radius 2 is 2.00 bits per heavy atom. The van der Waals surface area contributed by atoms with Crippen LogP contribution in [0.5, 0.6) is 5.75 Å². The van der Waals surface area contributed by atoms with E-state index >= 15 is 0 Å². The van der Waals surface area contributed by atoms with Gasteiger partial charge in [-0.2, -0.15) is 4.98 Å². The number of carbonyl (C=O) groups excluding carboxylic acids is 2. The topological polar surface area (TPSA) is 147 Å². The molecule has 0 bridgehead atoms. The number of esters is 1. The first-order valence-corrected chi connectivity index (χ1v) is 10.5. The molecule has 3 rings (SSSR count). The van der Waals surface area contributed by atoms with Gasteiger partial charge in [0.05, 0.1) is 12.0 Å². The van der Waals surface area contributed by atoms with Crippen molar-refractivity contribution < 1.29 is 28.5 Å². The van der Waals surface area contributed by atoms with E-state index in [4.69, 9.17) is 25.6 Å². The van der Waals surface area contributed by atoms with E-state index in [9.17, 15) is 19.7 Å². The molecule has 0 unspecified atom stereocenters. The minimum atomic E-state index is -1.02. The number of aromatic nitrogens is 2. The molecule has 1 amide bonds. The van der Waals surface area contributed by atoms with Gasteiger partial charge in [0.1, 0.15) is 16.8 Å². The van der Waals surface area contributed by atoms with Crippen molar-refractivity contribution in [3.05, 3.63) is 69.1 Å². The monoisotopic (exact) mass is 488 g/mol. The van der Waals surface area contributed by atoms with Gasteiger partial charge in [0.25, 0.3) is 17.5 Å². The predicted molar refractivity (Wildman–Crippen MR) is 120 cm³/mol.